The molecule has 0 amide bonds. The molecule has 106 valence electrons. The van der Waals surface area contributed by atoms with Gasteiger partial charge in [0.05, 0.1) is 6.21 Å². The molecule has 2 aromatic carbocycles. The zero-order valence-electron chi connectivity index (χ0n) is 12.2. The van der Waals surface area contributed by atoms with Crippen LogP contribution in [-0.2, 0) is 10.6 Å². The standard InChI is InChI=1S/C18H17NOS/c1-3-7-16-10-11-18(12-17(16)13-19-20-2)21-14-15-8-5-4-6-9-15/h4-6,8-13H,14H2,1-2H3/b19-13-. The third-order valence-corrected chi connectivity index (χ3v) is 3.89. The van der Waals surface area contributed by atoms with E-state index in [-0.39, 0.29) is 0 Å². The molecule has 0 unspecified atom stereocenters. The first-order valence-electron chi connectivity index (χ1n) is 6.63. The van der Waals surface area contributed by atoms with Crippen molar-refractivity contribution < 1.29 is 4.84 Å². The molecule has 0 atom stereocenters. The summed E-state index contributed by atoms with van der Waals surface area (Å²) in [5.74, 6) is 6.94. The molecule has 0 heterocycles. The lowest BCUT2D eigenvalue weighted by molar-refractivity contribution is 0.215. The number of hydrogen-bond acceptors (Lipinski definition) is 3. The van der Waals surface area contributed by atoms with Crippen LogP contribution in [0.3, 0.4) is 0 Å². The molecule has 0 aliphatic rings. The van der Waals surface area contributed by atoms with E-state index < -0.39 is 0 Å². The highest BCUT2D eigenvalue weighted by Gasteiger charge is 2.02. The smallest absolute Gasteiger partial charge is 0.106 e. The Balaban J connectivity index is 2.16. The van der Waals surface area contributed by atoms with Crippen LogP contribution in [-0.4, -0.2) is 13.3 Å². The SMILES string of the molecule is CC#Cc1ccc(SCc2ccccc2)cc1/C=N\OC. The van der Waals surface area contributed by atoms with Crippen molar-refractivity contribution in [2.45, 2.75) is 17.6 Å². The minimum absolute atomic E-state index is 0.945. The predicted octanol–water partition coefficient (Wildman–Crippen LogP) is 4.33. The lowest BCUT2D eigenvalue weighted by Gasteiger charge is -2.05. The maximum Gasteiger partial charge on any atom is 0.106 e. The Morgan fingerprint density at radius 3 is 2.71 bits per heavy atom. The van der Waals surface area contributed by atoms with Gasteiger partial charge in [-0.05, 0) is 30.7 Å². The highest BCUT2D eigenvalue weighted by atomic mass is 32.2. The Morgan fingerprint density at radius 2 is 2.00 bits per heavy atom. The third-order valence-electron chi connectivity index (χ3n) is 2.83. The predicted molar refractivity (Wildman–Crippen MR) is 89.6 cm³/mol. The van der Waals surface area contributed by atoms with Gasteiger partial charge in [-0.3, -0.25) is 0 Å². The maximum absolute atomic E-state index is 4.76. The lowest BCUT2D eigenvalue weighted by atomic mass is 10.1. The van der Waals surface area contributed by atoms with Crippen LogP contribution in [0.1, 0.15) is 23.6 Å². The molecule has 0 aliphatic carbocycles. The summed E-state index contributed by atoms with van der Waals surface area (Å²) in [7, 11) is 1.54. The largest absolute Gasteiger partial charge is 0.399 e. The number of thioether (sulfide) groups is 1. The van der Waals surface area contributed by atoms with Gasteiger partial charge in [-0.1, -0.05) is 41.4 Å². The van der Waals surface area contributed by atoms with Crippen molar-refractivity contribution in [3.63, 3.8) is 0 Å². The number of oxime groups is 1. The molecule has 21 heavy (non-hydrogen) atoms. The summed E-state index contributed by atoms with van der Waals surface area (Å²) in [4.78, 5) is 5.96. The second kappa shape index (κ2) is 8.18. The summed E-state index contributed by atoms with van der Waals surface area (Å²) in [6, 6.07) is 16.6. The molecule has 0 aromatic heterocycles. The summed E-state index contributed by atoms with van der Waals surface area (Å²) in [6.45, 7) is 1.83. The van der Waals surface area contributed by atoms with Crippen LogP contribution in [0.4, 0.5) is 0 Å². The van der Waals surface area contributed by atoms with Crippen LogP contribution < -0.4 is 0 Å². The van der Waals surface area contributed by atoms with Crippen molar-refractivity contribution in [2.24, 2.45) is 5.16 Å². The summed E-state index contributed by atoms with van der Waals surface area (Å²) in [5.41, 5.74) is 3.25. The van der Waals surface area contributed by atoms with E-state index in [9.17, 15) is 0 Å². The van der Waals surface area contributed by atoms with Gasteiger partial charge in [0.15, 0.2) is 0 Å². The van der Waals surface area contributed by atoms with E-state index in [0.717, 1.165) is 16.9 Å². The van der Waals surface area contributed by atoms with Gasteiger partial charge in [-0.15, -0.1) is 17.7 Å². The van der Waals surface area contributed by atoms with Gasteiger partial charge >= 0.3 is 0 Å². The minimum atomic E-state index is 0.945. The van der Waals surface area contributed by atoms with Gasteiger partial charge < -0.3 is 4.84 Å². The van der Waals surface area contributed by atoms with Gasteiger partial charge in [-0.2, -0.15) is 0 Å². The molecule has 0 bridgehead atoms. The monoisotopic (exact) mass is 295 g/mol. The Kier molecular flexibility index (Phi) is 5.93. The zero-order chi connectivity index (χ0) is 14.9. The molecule has 2 rings (SSSR count). The number of nitrogens with zero attached hydrogens (tertiary/aromatic N) is 1. The quantitative estimate of drug-likeness (QED) is 0.354. The average Bonchev–Trinajstić information content (AvgIpc) is 2.53. The van der Waals surface area contributed by atoms with Gasteiger partial charge in [0.25, 0.3) is 0 Å². The molecule has 0 aliphatic heterocycles. The topological polar surface area (TPSA) is 21.6 Å². The molecule has 0 radical (unpaired) electrons. The minimum Gasteiger partial charge on any atom is -0.399 e. The molecular weight excluding hydrogens is 278 g/mol. The lowest BCUT2D eigenvalue weighted by Crippen LogP contribution is -1.90. The number of benzene rings is 2. The number of rotatable bonds is 5. The van der Waals surface area contributed by atoms with Gasteiger partial charge in [0.2, 0.25) is 0 Å². The van der Waals surface area contributed by atoms with Gasteiger partial charge in [-0.25, -0.2) is 0 Å². The summed E-state index contributed by atoms with van der Waals surface area (Å²) in [5, 5.41) is 3.84. The first-order chi connectivity index (χ1) is 10.3. The third kappa shape index (κ3) is 4.70. The second-order valence-corrected chi connectivity index (χ2v) is 5.36. The van der Waals surface area contributed by atoms with Crippen LogP contribution >= 0.6 is 11.8 Å². The summed E-state index contributed by atoms with van der Waals surface area (Å²) >= 11 is 1.80. The van der Waals surface area contributed by atoms with E-state index in [4.69, 9.17) is 4.84 Å². The van der Waals surface area contributed by atoms with Crippen LogP contribution in [0.25, 0.3) is 0 Å². The van der Waals surface area contributed by atoms with Crippen molar-refractivity contribution in [3.8, 4) is 11.8 Å². The molecule has 0 saturated heterocycles. The van der Waals surface area contributed by atoms with Crippen LogP contribution in [0.2, 0.25) is 0 Å². The van der Waals surface area contributed by atoms with Gasteiger partial charge in [0.1, 0.15) is 7.11 Å². The van der Waals surface area contributed by atoms with E-state index in [1.54, 1.807) is 18.0 Å². The summed E-state index contributed by atoms with van der Waals surface area (Å²) < 4.78 is 0. The van der Waals surface area contributed by atoms with E-state index >= 15 is 0 Å². The van der Waals surface area contributed by atoms with Crippen molar-refractivity contribution in [1.82, 2.24) is 0 Å². The zero-order valence-corrected chi connectivity index (χ0v) is 13.0. The van der Waals surface area contributed by atoms with Crippen LogP contribution in [0.5, 0.6) is 0 Å². The molecule has 0 spiro atoms. The second-order valence-electron chi connectivity index (χ2n) is 4.32. The van der Waals surface area contributed by atoms with Gasteiger partial charge in [0, 0.05) is 21.8 Å². The van der Waals surface area contributed by atoms with Crippen molar-refractivity contribution in [3.05, 3.63) is 65.2 Å². The molecule has 0 saturated carbocycles. The Morgan fingerprint density at radius 1 is 1.19 bits per heavy atom. The van der Waals surface area contributed by atoms with Crippen LogP contribution in [0.15, 0.2) is 58.6 Å². The molecule has 3 heteroatoms. The maximum atomic E-state index is 4.76. The first kappa shape index (κ1) is 15.2. The van der Waals surface area contributed by atoms with Crippen molar-refractivity contribution in [1.29, 1.82) is 0 Å². The Labute approximate surface area is 130 Å². The molecule has 0 N–H and O–H groups in total. The normalized spacial score (nSPS) is 10.2. The van der Waals surface area contributed by atoms with Crippen molar-refractivity contribution >= 4 is 18.0 Å². The van der Waals surface area contributed by atoms with Crippen LogP contribution in [0, 0.1) is 11.8 Å². The Bertz CT molecular complexity index is 669. The van der Waals surface area contributed by atoms with E-state index in [1.165, 1.54) is 17.6 Å². The highest BCUT2D eigenvalue weighted by molar-refractivity contribution is 7.98. The summed E-state index contributed by atoms with van der Waals surface area (Å²) in [6.07, 6.45) is 1.70. The molecule has 2 nitrogen and oxygen atoms in total. The van der Waals surface area contributed by atoms with E-state index in [0.29, 0.717) is 0 Å². The fourth-order valence-corrected chi connectivity index (χ4v) is 2.74. The highest BCUT2D eigenvalue weighted by Crippen LogP contribution is 2.24. The fourth-order valence-electron chi connectivity index (χ4n) is 1.84. The molecular formula is C18H17NOS. The van der Waals surface area contributed by atoms with Crippen molar-refractivity contribution in [2.75, 3.05) is 7.11 Å². The average molecular weight is 295 g/mol. The fraction of sp³-hybridized carbons (Fsp3) is 0.167. The first-order valence-corrected chi connectivity index (χ1v) is 7.62. The molecule has 0 fully saturated rings. The van der Waals surface area contributed by atoms with E-state index in [2.05, 4.69) is 53.4 Å². The Hall–Kier alpha value is -2.18. The van der Waals surface area contributed by atoms with E-state index in [1.807, 2.05) is 19.1 Å². The molecule has 2 aromatic rings. The number of hydrogen-bond donors (Lipinski definition) is 0.